The number of nitrogens with one attached hydrogen (secondary N) is 1. The lowest BCUT2D eigenvalue weighted by Gasteiger charge is -2.29. The van der Waals surface area contributed by atoms with Gasteiger partial charge in [-0.05, 0) is 41.8 Å². The van der Waals surface area contributed by atoms with Gasteiger partial charge in [-0.2, -0.15) is 0 Å². The predicted molar refractivity (Wildman–Crippen MR) is 68.3 cm³/mol. The van der Waals surface area contributed by atoms with E-state index in [0.29, 0.717) is 6.54 Å². The van der Waals surface area contributed by atoms with Crippen molar-refractivity contribution in [3.8, 4) is 0 Å². The van der Waals surface area contributed by atoms with Crippen LogP contribution in [0.1, 0.15) is 39.5 Å². The van der Waals surface area contributed by atoms with Gasteiger partial charge in [0.2, 0.25) is 0 Å². The molecule has 16 heavy (non-hydrogen) atoms. The van der Waals surface area contributed by atoms with Crippen LogP contribution >= 0.6 is 15.9 Å². The second-order valence-corrected chi connectivity index (χ2v) is 5.60. The van der Waals surface area contributed by atoms with Crippen molar-refractivity contribution in [3.63, 3.8) is 0 Å². The monoisotopic (exact) mass is 289 g/mol. The van der Waals surface area contributed by atoms with Crippen molar-refractivity contribution in [2.24, 2.45) is 5.92 Å². The number of furan rings is 1. The molecule has 0 aliphatic carbocycles. The van der Waals surface area contributed by atoms with Crippen LogP contribution < -0.4 is 5.32 Å². The zero-order chi connectivity index (χ0) is 12.3. The van der Waals surface area contributed by atoms with Crippen molar-refractivity contribution in [2.45, 2.75) is 39.3 Å². The summed E-state index contributed by atoms with van der Waals surface area (Å²) >= 11 is 3.42. The molecule has 1 rings (SSSR count). The van der Waals surface area contributed by atoms with E-state index in [1.165, 1.54) is 0 Å². The van der Waals surface area contributed by atoms with E-state index in [0.717, 1.165) is 10.2 Å². The molecule has 0 fully saturated rings. The first kappa shape index (κ1) is 13.7. The predicted octanol–water partition coefficient (Wildman–Crippen LogP) is 3.10. The first-order valence-corrected chi connectivity index (χ1v) is 6.32. The minimum Gasteiger partial charge on any atom is -0.466 e. The molecule has 0 aliphatic heterocycles. The van der Waals surface area contributed by atoms with Gasteiger partial charge in [0.15, 0.2) is 0 Å². The van der Waals surface area contributed by atoms with E-state index in [4.69, 9.17) is 4.42 Å². The zero-order valence-electron chi connectivity index (χ0n) is 10.2. The lowest BCUT2D eigenvalue weighted by atomic mass is 9.92. The molecule has 1 heterocycles. The number of hydrogen-bond acceptors (Lipinski definition) is 3. The highest BCUT2D eigenvalue weighted by Crippen LogP contribution is 2.25. The molecule has 2 unspecified atom stereocenters. The van der Waals surface area contributed by atoms with E-state index in [1.807, 2.05) is 33.8 Å². The first-order valence-electron chi connectivity index (χ1n) is 5.53. The Morgan fingerprint density at radius 1 is 1.50 bits per heavy atom. The number of hydrogen-bond donors (Lipinski definition) is 2. The second-order valence-electron chi connectivity index (χ2n) is 4.75. The van der Waals surface area contributed by atoms with Gasteiger partial charge >= 0.3 is 0 Å². The van der Waals surface area contributed by atoms with Gasteiger partial charge in [-0.1, -0.05) is 13.8 Å². The van der Waals surface area contributed by atoms with Crippen LogP contribution in [-0.2, 0) is 0 Å². The van der Waals surface area contributed by atoms with Gasteiger partial charge in [-0.15, -0.1) is 0 Å². The number of aliphatic hydroxyl groups is 1. The van der Waals surface area contributed by atoms with E-state index in [-0.39, 0.29) is 12.0 Å². The lowest BCUT2D eigenvalue weighted by molar-refractivity contribution is 0.0117. The molecule has 92 valence electrons. The van der Waals surface area contributed by atoms with Crippen molar-refractivity contribution >= 4 is 15.9 Å². The molecule has 3 nitrogen and oxygen atoms in total. The summed E-state index contributed by atoms with van der Waals surface area (Å²) in [6, 6.07) is 1.95. The van der Waals surface area contributed by atoms with Gasteiger partial charge in [0.05, 0.1) is 22.4 Å². The molecule has 0 amide bonds. The Balaban J connectivity index is 2.54. The minimum atomic E-state index is -0.701. The fourth-order valence-electron chi connectivity index (χ4n) is 1.27. The van der Waals surface area contributed by atoms with E-state index in [2.05, 4.69) is 21.2 Å². The van der Waals surface area contributed by atoms with Gasteiger partial charge in [-0.3, -0.25) is 0 Å². The summed E-state index contributed by atoms with van der Waals surface area (Å²) in [5.74, 6) is 1.08. The Bertz CT molecular complexity index is 334. The van der Waals surface area contributed by atoms with Crippen LogP contribution in [0.15, 0.2) is 21.2 Å². The summed E-state index contributed by atoms with van der Waals surface area (Å²) in [4.78, 5) is 0. The van der Waals surface area contributed by atoms with Crippen molar-refractivity contribution in [1.29, 1.82) is 0 Å². The van der Waals surface area contributed by atoms with Crippen molar-refractivity contribution in [2.75, 3.05) is 6.54 Å². The molecule has 2 N–H and O–H groups in total. The molecule has 0 saturated carbocycles. The van der Waals surface area contributed by atoms with Crippen molar-refractivity contribution < 1.29 is 9.52 Å². The summed E-state index contributed by atoms with van der Waals surface area (Å²) < 4.78 is 6.32. The third-order valence-corrected chi connectivity index (χ3v) is 3.70. The summed E-state index contributed by atoms with van der Waals surface area (Å²) in [7, 11) is 0. The number of rotatable bonds is 5. The fourth-order valence-corrected chi connectivity index (χ4v) is 1.82. The Labute approximate surface area is 105 Å². The molecule has 2 atom stereocenters. The quantitative estimate of drug-likeness (QED) is 0.876. The smallest absolute Gasteiger partial charge is 0.134 e. The van der Waals surface area contributed by atoms with Gasteiger partial charge in [0.1, 0.15) is 5.76 Å². The largest absolute Gasteiger partial charge is 0.466 e. The van der Waals surface area contributed by atoms with E-state index >= 15 is 0 Å². The molecule has 1 aromatic rings. The van der Waals surface area contributed by atoms with Crippen LogP contribution in [0.25, 0.3) is 0 Å². The highest BCUT2D eigenvalue weighted by molar-refractivity contribution is 9.10. The average Bonchev–Trinajstić information content (AvgIpc) is 2.61. The Morgan fingerprint density at radius 2 is 2.12 bits per heavy atom. The lowest BCUT2D eigenvalue weighted by Crippen LogP contribution is -2.42. The molecule has 0 aromatic carbocycles. The molecule has 0 aliphatic rings. The van der Waals surface area contributed by atoms with E-state index < -0.39 is 5.60 Å². The van der Waals surface area contributed by atoms with Crippen LogP contribution in [0.2, 0.25) is 0 Å². The highest BCUT2D eigenvalue weighted by Gasteiger charge is 2.26. The van der Waals surface area contributed by atoms with Crippen LogP contribution in [-0.4, -0.2) is 17.3 Å². The molecule has 4 heteroatoms. The minimum absolute atomic E-state index is 0.0783. The van der Waals surface area contributed by atoms with E-state index in [1.54, 1.807) is 6.26 Å². The fraction of sp³-hybridized carbons (Fsp3) is 0.667. The highest BCUT2D eigenvalue weighted by atomic mass is 79.9. The first-order chi connectivity index (χ1) is 7.34. The number of halogens is 1. The summed E-state index contributed by atoms with van der Waals surface area (Å²) in [6.07, 6.45) is 1.65. The van der Waals surface area contributed by atoms with Gasteiger partial charge in [0.25, 0.3) is 0 Å². The van der Waals surface area contributed by atoms with Crippen LogP contribution in [0.3, 0.4) is 0 Å². The maximum absolute atomic E-state index is 10.1. The molecule has 1 aromatic heterocycles. The molecular formula is C12H20BrNO2. The van der Waals surface area contributed by atoms with Gasteiger partial charge in [0, 0.05) is 6.54 Å². The maximum Gasteiger partial charge on any atom is 0.134 e. The normalized spacial score (nSPS) is 17.4. The SMILES string of the molecule is CC(NCC(C)(O)C(C)C)c1occc1Br. The van der Waals surface area contributed by atoms with Crippen LogP contribution in [0.5, 0.6) is 0 Å². The van der Waals surface area contributed by atoms with Crippen molar-refractivity contribution in [1.82, 2.24) is 5.32 Å². The maximum atomic E-state index is 10.1. The van der Waals surface area contributed by atoms with E-state index in [9.17, 15) is 5.11 Å². The molecule has 0 radical (unpaired) electrons. The molecular weight excluding hydrogens is 270 g/mol. The molecule has 0 saturated heterocycles. The zero-order valence-corrected chi connectivity index (χ0v) is 11.8. The summed E-state index contributed by atoms with van der Waals surface area (Å²) in [5, 5.41) is 13.4. The topological polar surface area (TPSA) is 45.4 Å². The third kappa shape index (κ3) is 3.34. The summed E-state index contributed by atoms with van der Waals surface area (Å²) in [6.45, 7) is 8.41. The molecule has 0 spiro atoms. The van der Waals surface area contributed by atoms with Crippen molar-refractivity contribution in [3.05, 3.63) is 22.6 Å². The second kappa shape index (κ2) is 5.34. The third-order valence-electron chi connectivity index (χ3n) is 3.05. The standard InChI is InChI=1S/C12H20BrNO2/c1-8(2)12(4,15)7-14-9(3)11-10(13)5-6-16-11/h5-6,8-9,14-15H,7H2,1-4H3. The van der Waals surface area contributed by atoms with Crippen LogP contribution in [0, 0.1) is 5.92 Å². The Kier molecular flexibility index (Phi) is 4.59. The average molecular weight is 290 g/mol. The van der Waals surface area contributed by atoms with Gasteiger partial charge in [-0.25, -0.2) is 0 Å². The summed E-state index contributed by atoms with van der Waals surface area (Å²) in [5.41, 5.74) is -0.701. The van der Waals surface area contributed by atoms with Gasteiger partial charge < -0.3 is 14.8 Å². The Morgan fingerprint density at radius 3 is 2.56 bits per heavy atom. The molecule has 0 bridgehead atoms. The van der Waals surface area contributed by atoms with Crippen LogP contribution in [0.4, 0.5) is 0 Å². The Hall–Kier alpha value is -0.320.